The number of ether oxygens (including phenoxy) is 2. The molecule has 1 amide bonds. The van der Waals surface area contributed by atoms with E-state index in [-0.39, 0.29) is 27.2 Å². The Balaban J connectivity index is 1.45. The minimum Gasteiger partial charge on any atom is -0.489 e. The molecule has 1 aromatic heterocycles. The molecular weight excluding hydrogens is 479 g/mol. The summed E-state index contributed by atoms with van der Waals surface area (Å²) < 4.78 is 15.9. The summed E-state index contributed by atoms with van der Waals surface area (Å²) in [5.74, 6) is 0.249. The van der Waals surface area contributed by atoms with Crippen LogP contribution in [-0.4, -0.2) is 23.6 Å². The summed E-state index contributed by atoms with van der Waals surface area (Å²) in [6.07, 6.45) is 0.00492. The largest absolute Gasteiger partial charge is 0.489 e. The summed E-state index contributed by atoms with van der Waals surface area (Å²) in [6, 6.07) is 9.83. The number of nitrogens with zero attached hydrogens (tertiary/aromatic N) is 1. The third-order valence-corrected chi connectivity index (χ3v) is 5.52. The van der Waals surface area contributed by atoms with Crippen molar-refractivity contribution < 1.29 is 23.6 Å². The molecule has 1 N–H and O–H groups in total. The standard InChI is InChI=1S/C22H19Cl3N2O5/c1-12-16(13(2)32-27-12)10-30-15-5-3-14(4-6-15)7-22(29)31-11-21(28)26-20-9-18(24)17(23)8-19(20)25/h3-6,8-9H,7,10-11H2,1-2H3,(H,26,28). The minimum absolute atomic E-state index is 0.00492. The number of aromatic nitrogens is 1. The Kier molecular flexibility index (Phi) is 8.01. The number of anilines is 1. The number of aryl methyl sites for hydroxylation is 2. The van der Waals surface area contributed by atoms with Crippen LogP contribution in [0.15, 0.2) is 40.9 Å². The number of halogens is 3. The Labute approximate surface area is 199 Å². The summed E-state index contributed by atoms with van der Waals surface area (Å²) in [5, 5.41) is 7.13. The number of hydrogen-bond donors (Lipinski definition) is 1. The second kappa shape index (κ2) is 10.7. The number of amides is 1. The van der Waals surface area contributed by atoms with Crippen molar-refractivity contribution in [3.8, 4) is 5.75 Å². The molecule has 0 bridgehead atoms. The molecule has 0 unspecified atom stereocenters. The summed E-state index contributed by atoms with van der Waals surface area (Å²) in [7, 11) is 0. The van der Waals surface area contributed by atoms with Crippen molar-refractivity contribution in [3.63, 3.8) is 0 Å². The van der Waals surface area contributed by atoms with E-state index in [2.05, 4.69) is 10.5 Å². The summed E-state index contributed by atoms with van der Waals surface area (Å²) in [5.41, 5.74) is 2.67. The van der Waals surface area contributed by atoms with Crippen molar-refractivity contribution >= 4 is 52.4 Å². The first kappa shape index (κ1) is 23.9. The molecule has 0 saturated heterocycles. The molecule has 0 atom stereocenters. The third-order valence-electron chi connectivity index (χ3n) is 4.48. The molecule has 0 fully saturated rings. The van der Waals surface area contributed by atoms with Gasteiger partial charge in [-0.15, -0.1) is 0 Å². The Morgan fingerprint density at radius 1 is 1.03 bits per heavy atom. The van der Waals surface area contributed by atoms with E-state index in [0.717, 1.165) is 11.3 Å². The van der Waals surface area contributed by atoms with Gasteiger partial charge < -0.3 is 19.3 Å². The van der Waals surface area contributed by atoms with Gasteiger partial charge in [-0.05, 0) is 43.7 Å². The fraction of sp³-hybridized carbons (Fsp3) is 0.227. The zero-order valence-electron chi connectivity index (χ0n) is 17.2. The van der Waals surface area contributed by atoms with Crippen LogP contribution in [0.25, 0.3) is 0 Å². The molecule has 32 heavy (non-hydrogen) atoms. The van der Waals surface area contributed by atoms with Crippen molar-refractivity contribution in [1.29, 1.82) is 0 Å². The SMILES string of the molecule is Cc1noc(C)c1COc1ccc(CC(=O)OCC(=O)Nc2cc(Cl)c(Cl)cc2Cl)cc1. The monoisotopic (exact) mass is 496 g/mol. The molecule has 7 nitrogen and oxygen atoms in total. The smallest absolute Gasteiger partial charge is 0.310 e. The quantitative estimate of drug-likeness (QED) is 0.324. The van der Waals surface area contributed by atoms with Gasteiger partial charge in [0.25, 0.3) is 5.91 Å². The van der Waals surface area contributed by atoms with Crippen LogP contribution in [0.2, 0.25) is 15.1 Å². The van der Waals surface area contributed by atoms with Gasteiger partial charge in [0.05, 0.1) is 38.4 Å². The van der Waals surface area contributed by atoms with Crippen LogP contribution in [0.5, 0.6) is 5.75 Å². The van der Waals surface area contributed by atoms with Crippen molar-refractivity contribution in [2.75, 3.05) is 11.9 Å². The van der Waals surface area contributed by atoms with E-state index < -0.39 is 18.5 Å². The highest BCUT2D eigenvalue weighted by Gasteiger charge is 2.13. The fourth-order valence-electron chi connectivity index (χ4n) is 2.74. The summed E-state index contributed by atoms with van der Waals surface area (Å²) in [4.78, 5) is 24.1. The van der Waals surface area contributed by atoms with Gasteiger partial charge in [0.15, 0.2) is 6.61 Å². The van der Waals surface area contributed by atoms with Crippen LogP contribution in [0.4, 0.5) is 5.69 Å². The van der Waals surface area contributed by atoms with E-state index in [4.69, 9.17) is 48.8 Å². The van der Waals surface area contributed by atoms with Crippen LogP contribution < -0.4 is 10.1 Å². The maximum Gasteiger partial charge on any atom is 0.310 e. The molecule has 2 aromatic carbocycles. The Hall–Kier alpha value is -2.74. The number of esters is 1. The zero-order chi connectivity index (χ0) is 23.3. The molecule has 3 aromatic rings. The maximum absolute atomic E-state index is 12.1. The van der Waals surface area contributed by atoms with Gasteiger partial charge in [0, 0.05) is 0 Å². The van der Waals surface area contributed by atoms with E-state index in [9.17, 15) is 9.59 Å². The van der Waals surface area contributed by atoms with Gasteiger partial charge in [-0.3, -0.25) is 9.59 Å². The minimum atomic E-state index is -0.554. The molecular formula is C22H19Cl3N2O5. The molecule has 0 aliphatic carbocycles. The molecule has 0 spiro atoms. The number of carbonyl (C=O) groups is 2. The fourth-order valence-corrected chi connectivity index (χ4v) is 3.33. The lowest BCUT2D eigenvalue weighted by Crippen LogP contribution is -2.21. The molecule has 1 heterocycles. The number of carbonyl (C=O) groups excluding carboxylic acids is 2. The number of nitrogens with one attached hydrogen (secondary N) is 1. The van der Waals surface area contributed by atoms with Gasteiger partial charge in [-0.1, -0.05) is 52.1 Å². The molecule has 0 aliphatic heterocycles. The Bertz CT molecular complexity index is 1110. The van der Waals surface area contributed by atoms with Gasteiger partial charge in [-0.2, -0.15) is 0 Å². The Morgan fingerprint density at radius 2 is 1.72 bits per heavy atom. The van der Waals surface area contributed by atoms with Crippen molar-refractivity contribution in [1.82, 2.24) is 5.16 Å². The van der Waals surface area contributed by atoms with Crippen LogP contribution in [0.1, 0.15) is 22.6 Å². The lowest BCUT2D eigenvalue weighted by Gasteiger charge is -2.10. The summed E-state index contributed by atoms with van der Waals surface area (Å²) in [6.45, 7) is 3.55. The normalized spacial score (nSPS) is 10.7. The van der Waals surface area contributed by atoms with Gasteiger partial charge in [0.2, 0.25) is 0 Å². The van der Waals surface area contributed by atoms with Crippen LogP contribution in [0, 0.1) is 13.8 Å². The second-order valence-electron chi connectivity index (χ2n) is 6.87. The average molecular weight is 498 g/mol. The number of hydrogen-bond acceptors (Lipinski definition) is 6. The highest BCUT2D eigenvalue weighted by atomic mass is 35.5. The van der Waals surface area contributed by atoms with E-state index in [1.165, 1.54) is 12.1 Å². The van der Waals surface area contributed by atoms with E-state index in [0.29, 0.717) is 23.7 Å². The first-order valence-electron chi connectivity index (χ1n) is 9.46. The zero-order valence-corrected chi connectivity index (χ0v) is 19.5. The first-order valence-corrected chi connectivity index (χ1v) is 10.6. The molecule has 0 radical (unpaired) electrons. The third kappa shape index (κ3) is 6.38. The average Bonchev–Trinajstić information content (AvgIpc) is 3.07. The van der Waals surface area contributed by atoms with Crippen molar-refractivity contribution in [3.05, 3.63) is 74.0 Å². The van der Waals surface area contributed by atoms with Crippen molar-refractivity contribution in [2.24, 2.45) is 0 Å². The maximum atomic E-state index is 12.1. The van der Waals surface area contributed by atoms with E-state index >= 15 is 0 Å². The van der Waals surface area contributed by atoms with Crippen LogP contribution in [-0.2, 0) is 27.4 Å². The number of rotatable bonds is 8. The highest BCUT2D eigenvalue weighted by molar-refractivity contribution is 6.44. The molecule has 10 heteroatoms. The van der Waals surface area contributed by atoms with Gasteiger partial charge in [0.1, 0.15) is 18.1 Å². The highest BCUT2D eigenvalue weighted by Crippen LogP contribution is 2.32. The molecule has 3 rings (SSSR count). The predicted octanol–water partition coefficient (Wildman–Crippen LogP) is 5.56. The van der Waals surface area contributed by atoms with E-state index in [1.54, 1.807) is 24.3 Å². The second-order valence-corrected chi connectivity index (χ2v) is 8.09. The molecule has 168 valence electrons. The van der Waals surface area contributed by atoms with Crippen LogP contribution >= 0.6 is 34.8 Å². The van der Waals surface area contributed by atoms with Crippen LogP contribution in [0.3, 0.4) is 0 Å². The van der Waals surface area contributed by atoms with Gasteiger partial charge >= 0.3 is 5.97 Å². The Morgan fingerprint density at radius 3 is 2.38 bits per heavy atom. The molecule has 0 saturated carbocycles. The topological polar surface area (TPSA) is 90.7 Å². The first-order chi connectivity index (χ1) is 15.2. The lowest BCUT2D eigenvalue weighted by molar-refractivity contribution is -0.146. The van der Waals surface area contributed by atoms with Crippen molar-refractivity contribution in [2.45, 2.75) is 26.9 Å². The van der Waals surface area contributed by atoms with Gasteiger partial charge in [-0.25, -0.2) is 0 Å². The summed E-state index contributed by atoms with van der Waals surface area (Å²) >= 11 is 17.8. The predicted molar refractivity (Wildman–Crippen MR) is 122 cm³/mol. The lowest BCUT2D eigenvalue weighted by atomic mass is 10.1. The molecule has 0 aliphatic rings. The number of benzene rings is 2. The van der Waals surface area contributed by atoms with E-state index in [1.807, 2.05) is 13.8 Å².